The fourth-order valence-electron chi connectivity index (χ4n) is 3.50. The van der Waals surface area contributed by atoms with Gasteiger partial charge in [-0.15, -0.1) is 11.6 Å². The van der Waals surface area contributed by atoms with Crippen molar-refractivity contribution < 1.29 is 0 Å². The molecule has 0 amide bonds. The summed E-state index contributed by atoms with van der Waals surface area (Å²) in [6, 6.07) is 1.86. The van der Waals surface area contributed by atoms with Crippen molar-refractivity contribution >= 4 is 34.4 Å². The van der Waals surface area contributed by atoms with E-state index in [0.29, 0.717) is 10.9 Å². The number of hydrogen-bond donors (Lipinski definition) is 0. The van der Waals surface area contributed by atoms with Crippen LogP contribution in [0.15, 0.2) is 12.3 Å². The summed E-state index contributed by atoms with van der Waals surface area (Å²) >= 11 is 12.0. The third-order valence-electron chi connectivity index (χ3n) is 4.56. The number of fused-ring (bicyclic) bond motifs is 1. The monoisotopic (exact) mass is 325 g/mol. The summed E-state index contributed by atoms with van der Waals surface area (Å²) in [4.78, 5) is 8.99. The van der Waals surface area contributed by atoms with Crippen LogP contribution in [0.4, 0.5) is 0 Å². The highest BCUT2D eigenvalue weighted by Crippen LogP contribution is 2.31. The first-order chi connectivity index (χ1) is 10.2. The highest BCUT2D eigenvalue weighted by Gasteiger charge is 2.20. The van der Waals surface area contributed by atoms with Crippen molar-refractivity contribution in [2.24, 2.45) is 11.8 Å². The van der Waals surface area contributed by atoms with Crippen LogP contribution in [0.1, 0.15) is 44.9 Å². The van der Waals surface area contributed by atoms with Crippen LogP contribution in [0.25, 0.3) is 11.2 Å². The average Bonchev–Trinajstić information content (AvgIpc) is 2.82. The van der Waals surface area contributed by atoms with E-state index in [0.717, 1.165) is 35.4 Å². The molecule has 2 atom stereocenters. The zero-order valence-electron chi connectivity index (χ0n) is 12.4. The van der Waals surface area contributed by atoms with Gasteiger partial charge in [-0.1, -0.05) is 37.8 Å². The van der Waals surface area contributed by atoms with Crippen LogP contribution in [0.2, 0.25) is 5.02 Å². The molecule has 1 saturated carbocycles. The minimum absolute atomic E-state index is 0.412. The topological polar surface area (TPSA) is 30.7 Å². The maximum Gasteiger partial charge on any atom is 0.160 e. The normalized spacial score (nSPS) is 22.8. The van der Waals surface area contributed by atoms with Gasteiger partial charge in [0.05, 0.1) is 10.9 Å². The Morgan fingerprint density at radius 1 is 1.38 bits per heavy atom. The highest BCUT2D eigenvalue weighted by molar-refractivity contribution is 6.31. The molecule has 2 aromatic rings. The van der Waals surface area contributed by atoms with Gasteiger partial charge in [0.25, 0.3) is 0 Å². The van der Waals surface area contributed by atoms with Crippen molar-refractivity contribution in [1.29, 1.82) is 0 Å². The second kappa shape index (κ2) is 6.53. The molecule has 21 heavy (non-hydrogen) atoms. The molecule has 1 aliphatic rings. The Morgan fingerprint density at radius 2 is 2.24 bits per heavy atom. The molecule has 2 aromatic heterocycles. The number of hydrogen-bond acceptors (Lipinski definition) is 2. The van der Waals surface area contributed by atoms with Crippen LogP contribution in [-0.4, -0.2) is 14.5 Å². The zero-order valence-corrected chi connectivity index (χ0v) is 13.9. The summed E-state index contributed by atoms with van der Waals surface area (Å²) < 4.78 is 2.16. The van der Waals surface area contributed by atoms with E-state index in [2.05, 4.69) is 21.5 Å². The second-order valence-corrected chi connectivity index (χ2v) is 6.94. The van der Waals surface area contributed by atoms with Crippen molar-refractivity contribution in [3.8, 4) is 0 Å². The number of nitrogens with zero attached hydrogens (tertiary/aromatic N) is 3. The van der Waals surface area contributed by atoms with Crippen LogP contribution >= 0.6 is 23.2 Å². The molecule has 0 aliphatic heterocycles. The summed E-state index contributed by atoms with van der Waals surface area (Å²) in [6.07, 6.45) is 8.32. The number of pyridine rings is 1. The van der Waals surface area contributed by atoms with Gasteiger partial charge in [-0.3, -0.25) is 0 Å². The number of halogens is 2. The molecule has 3 rings (SSSR count). The standard InChI is InChI=1S/C16H21Cl2N3/c1-11-3-2-4-12(7-11)5-6-21-15(9-17)20-14-8-13(18)10-19-16(14)21/h8,10-12H,2-7,9H2,1H3. The Kier molecular flexibility index (Phi) is 4.70. The number of imidazole rings is 1. The van der Waals surface area contributed by atoms with E-state index in [1.165, 1.54) is 32.1 Å². The van der Waals surface area contributed by atoms with Gasteiger partial charge in [0.1, 0.15) is 11.3 Å². The summed E-state index contributed by atoms with van der Waals surface area (Å²) in [5.74, 6) is 2.99. The minimum atomic E-state index is 0.412. The van der Waals surface area contributed by atoms with Gasteiger partial charge in [0, 0.05) is 12.7 Å². The number of aromatic nitrogens is 3. The number of aryl methyl sites for hydroxylation is 1. The number of rotatable bonds is 4. The maximum absolute atomic E-state index is 6.04. The van der Waals surface area contributed by atoms with Gasteiger partial charge >= 0.3 is 0 Å². The van der Waals surface area contributed by atoms with Gasteiger partial charge in [0.15, 0.2) is 5.65 Å². The summed E-state index contributed by atoms with van der Waals surface area (Å²) in [7, 11) is 0. The van der Waals surface area contributed by atoms with E-state index >= 15 is 0 Å². The predicted molar refractivity (Wildman–Crippen MR) is 87.8 cm³/mol. The van der Waals surface area contributed by atoms with Crippen LogP contribution in [0.5, 0.6) is 0 Å². The molecule has 0 bridgehead atoms. The van der Waals surface area contributed by atoms with Crippen molar-refractivity contribution in [3.05, 3.63) is 23.1 Å². The van der Waals surface area contributed by atoms with Crippen molar-refractivity contribution in [3.63, 3.8) is 0 Å². The van der Waals surface area contributed by atoms with Crippen LogP contribution in [-0.2, 0) is 12.4 Å². The molecule has 0 spiro atoms. The Balaban J connectivity index is 1.79. The average molecular weight is 326 g/mol. The Labute approximate surface area is 135 Å². The molecule has 1 aliphatic carbocycles. The molecular formula is C16H21Cl2N3. The second-order valence-electron chi connectivity index (χ2n) is 6.24. The molecule has 0 saturated heterocycles. The molecule has 2 heterocycles. The van der Waals surface area contributed by atoms with Crippen molar-refractivity contribution in [2.45, 2.75) is 51.5 Å². The van der Waals surface area contributed by atoms with Gasteiger partial charge in [-0.2, -0.15) is 0 Å². The van der Waals surface area contributed by atoms with Crippen LogP contribution < -0.4 is 0 Å². The molecule has 5 heteroatoms. The molecule has 0 N–H and O–H groups in total. The lowest BCUT2D eigenvalue weighted by Crippen LogP contribution is -2.16. The fourth-order valence-corrected chi connectivity index (χ4v) is 3.86. The molecule has 2 unspecified atom stereocenters. The Bertz CT molecular complexity index is 623. The Hall–Kier alpha value is -0.800. The summed E-state index contributed by atoms with van der Waals surface area (Å²) in [5.41, 5.74) is 1.74. The van der Waals surface area contributed by atoms with Crippen molar-refractivity contribution in [2.75, 3.05) is 0 Å². The molecular weight excluding hydrogens is 305 g/mol. The highest BCUT2D eigenvalue weighted by atomic mass is 35.5. The van der Waals surface area contributed by atoms with E-state index in [-0.39, 0.29) is 0 Å². The third kappa shape index (κ3) is 3.35. The van der Waals surface area contributed by atoms with Gasteiger partial charge in [-0.05, 0) is 30.7 Å². The Morgan fingerprint density at radius 3 is 3.00 bits per heavy atom. The first kappa shape index (κ1) is 15.1. The summed E-state index contributed by atoms with van der Waals surface area (Å²) in [6.45, 7) is 3.32. The molecule has 114 valence electrons. The van der Waals surface area contributed by atoms with E-state index in [9.17, 15) is 0 Å². The summed E-state index contributed by atoms with van der Waals surface area (Å²) in [5, 5.41) is 0.620. The molecule has 0 radical (unpaired) electrons. The number of alkyl halides is 1. The molecule has 3 nitrogen and oxygen atoms in total. The first-order valence-corrected chi connectivity index (χ1v) is 8.65. The van der Waals surface area contributed by atoms with Crippen LogP contribution in [0, 0.1) is 11.8 Å². The van der Waals surface area contributed by atoms with Crippen LogP contribution in [0.3, 0.4) is 0 Å². The lowest BCUT2D eigenvalue weighted by atomic mass is 9.81. The largest absolute Gasteiger partial charge is 0.312 e. The van der Waals surface area contributed by atoms with Gasteiger partial charge in [0.2, 0.25) is 0 Å². The van der Waals surface area contributed by atoms with Crippen molar-refractivity contribution in [1.82, 2.24) is 14.5 Å². The first-order valence-electron chi connectivity index (χ1n) is 7.74. The smallest absolute Gasteiger partial charge is 0.160 e. The van der Waals surface area contributed by atoms with E-state index in [1.807, 2.05) is 6.07 Å². The maximum atomic E-state index is 6.04. The minimum Gasteiger partial charge on any atom is -0.312 e. The van der Waals surface area contributed by atoms with E-state index in [4.69, 9.17) is 23.2 Å². The SMILES string of the molecule is CC1CCCC(CCn2c(CCl)nc3cc(Cl)cnc32)C1. The third-order valence-corrected chi connectivity index (χ3v) is 5.00. The lowest BCUT2D eigenvalue weighted by Gasteiger charge is -2.26. The quantitative estimate of drug-likeness (QED) is 0.737. The molecule has 1 fully saturated rings. The van der Waals surface area contributed by atoms with Gasteiger partial charge in [-0.25, -0.2) is 9.97 Å². The van der Waals surface area contributed by atoms with E-state index in [1.54, 1.807) is 6.20 Å². The predicted octanol–water partition coefficient (Wildman–Crippen LogP) is 5.04. The van der Waals surface area contributed by atoms with E-state index < -0.39 is 0 Å². The molecule has 0 aromatic carbocycles. The van der Waals surface area contributed by atoms with Gasteiger partial charge < -0.3 is 4.57 Å². The zero-order chi connectivity index (χ0) is 14.8. The fraction of sp³-hybridized carbons (Fsp3) is 0.625. The lowest BCUT2D eigenvalue weighted by molar-refractivity contribution is 0.261.